The van der Waals surface area contributed by atoms with E-state index in [-0.39, 0.29) is 18.9 Å². The number of H-pyrrole nitrogens is 1. The number of ether oxygens (including phenoxy) is 1. The number of aliphatic carboxylic acids is 1. The molecule has 1 atom stereocenters. The highest BCUT2D eigenvalue weighted by atomic mass is 16.5. The zero-order chi connectivity index (χ0) is 26.1. The summed E-state index contributed by atoms with van der Waals surface area (Å²) < 4.78 is 5.58. The molecule has 1 aromatic heterocycles. The topological polar surface area (TPSA) is 91.4 Å². The molecule has 5 aromatic rings. The molecular weight excluding hydrogens is 476 g/mol. The number of benzene rings is 4. The van der Waals surface area contributed by atoms with Crippen molar-refractivity contribution in [2.75, 3.05) is 6.61 Å². The summed E-state index contributed by atoms with van der Waals surface area (Å²) in [6.45, 7) is 0.125. The first kappa shape index (κ1) is 23.6. The second-order valence-electron chi connectivity index (χ2n) is 9.51. The molecule has 1 aliphatic carbocycles. The Balaban J connectivity index is 1.17. The van der Waals surface area contributed by atoms with Crippen LogP contribution in [0.15, 0.2) is 103 Å². The summed E-state index contributed by atoms with van der Waals surface area (Å²) in [6.07, 6.45) is 1.18. The van der Waals surface area contributed by atoms with Crippen molar-refractivity contribution < 1.29 is 19.4 Å². The first-order valence-electron chi connectivity index (χ1n) is 12.6. The molecule has 0 bridgehead atoms. The molecule has 0 aliphatic heterocycles. The molecule has 4 aromatic carbocycles. The van der Waals surface area contributed by atoms with Gasteiger partial charge in [-0.3, -0.25) is 0 Å². The molecule has 6 nitrogen and oxygen atoms in total. The van der Waals surface area contributed by atoms with Gasteiger partial charge in [-0.1, -0.05) is 84.9 Å². The smallest absolute Gasteiger partial charge is 0.407 e. The van der Waals surface area contributed by atoms with Crippen molar-refractivity contribution in [2.24, 2.45) is 0 Å². The van der Waals surface area contributed by atoms with Gasteiger partial charge in [0.15, 0.2) is 0 Å². The van der Waals surface area contributed by atoms with E-state index in [1.54, 1.807) is 6.20 Å². The highest BCUT2D eigenvalue weighted by Crippen LogP contribution is 2.44. The van der Waals surface area contributed by atoms with Crippen LogP contribution in [-0.4, -0.2) is 34.8 Å². The van der Waals surface area contributed by atoms with E-state index < -0.39 is 18.1 Å². The highest BCUT2D eigenvalue weighted by Gasteiger charge is 2.30. The minimum atomic E-state index is -1.13. The van der Waals surface area contributed by atoms with Gasteiger partial charge in [-0.05, 0) is 51.1 Å². The minimum absolute atomic E-state index is 0.0959. The summed E-state index contributed by atoms with van der Waals surface area (Å²) in [5.41, 5.74) is 8.30. The molecule has 1 amide bonds. The Kier molecular flexibility index (Phi) is 6.14. The van der Waals surface area contributed by atoms with Gasteiger partial charge in [-0.15, -0.1) is 0 Å². The van der Waals surface area contributed by atoms with Crippen LogP contribution in [-0.2, 0) is 16.0 Å². The maximum absolute atomic E-state index is 12.8. The fourth-order valence-corrected chi connectivity index (χ4v) is 5.36. The molecule has 1 heterocycles. The number of rotatable bonds is 7. The van der Waals surface area contributed by atoms with E-state index in [9.17, 15) is 14.7 Å². The molecule has 38 heavy (non-hydrogen) atoms. The van der Waals surface area contributed by atoms with Gasteiger partial charge < -0.3 is 20.1 Å². The average molecular weight is 503 g/mol. The maximum Gasteiger partial charge on any atom is 0.407 e. The molecule has 0 radical (unpaired) electrons. The van der Waals surface area contributed by atoms with Crippen LogP contribution in [0, 0.1) is 0 Å². The summed E-state index contributed by atoms with van der Waals surface area (Å²) in [6, 6.07) is 31.1. The third-order valence-electron chi connectivity index (χ3n) is 7.23. The van der Waals surface area contributed by atoms with Crippen molar-refractivity contribution in [3.63, 3.8) is 0 Å². The number of amides is 1. The molecule has 0 saturated carbocycles. The number of aromatic amines is 1. The van der Waals surface area contributed by atoms with Crippen LogP contribution in [0.4, 0.5) is 4.79 Å². The van der Waals surface area contributed by atoms with Gasteiger partial charge in [-0.25, -0.2) is 9.59 Å². The van der Waals surface area contributed by atoms with Gasteiger partial charge >= 0.3 is 12.1 Å². The molecule has 6 heteroatoms. The number of nitrogens with one attached hydrogen (secondary N) is 2. The summed E-state index contributed by atoms with van der Waals surface area (Å²) in [4.78, 5) is 28.1. The fraction of sp³-hybridized carbons (Fsp3) is 0.125. The van der Waals surface area contributed by atoms with Crippen LogP contribution in [0.25, 0.3) is 33.2 Å². The standard InChI is InChI=1S/C32H26N2O4/c35-31(36)30(17-22-18-33-29-15-14-21(16-27(22)29)20-8-2-1-3-9-20)34-32(37)38-19-28-25-12-6-4-10-23(25)24-11-5-7-13-26(24)28/h1-16,18,28,30,33H,17,19H2,(H,34,37)(H,35,36)/t30-/m0/s1. The fourth-order valence-electron chi connectivity index (χ4n) is 5.36. The Labute approximate surface area is 219 Å². The van der Waals surface area contributed by atoms with Crippen LogP contribution < -0.4 is 5.32 Å². The number of carboxylic acids is 1. The predicted octanol–water partition coefficient (Wildman–Crippen LogP) is 6.37. The molecule has 0 saturated heterocycles. The Morgan fingerprint density at radius 2 is 1.50 bits per heavy atom. The van der Waals surface area contributed by atoms with E-state index in [1.807, 2.05) is 84.9 Å². The van der Waals surface area contributed by atoms with Crippen molar-refractivity contribution in [3.8, 4) is 22.3 Å². The first-order valence-corrected chi connectivity index (χ1v) is 12.6. The molecule has 1 aliphatic rings. The molecule has 0 unspecified atom stereocenters. The van der Waals surface area contributed by atoms with Crippen molar-refractivity contribution in [1.29, 1.82) is 0 Å². The normalized spacial score (nSPS) is 13.1. The van der Waals surface area contributed by atoms with Crippen LogP contribution >= 0.6 is 0 Å². The van der Waals surface area contributed by atoms with E-state index >= 15 is 0 Å². The zero-order valence-electron chi connectivity index (χ0n) is 20.6. The Morgan fingerprint density at radius 3 is 2.18 bits per heavy atom. The monoisotopic (exact) mass is 502 g/mol. The quantitative estimate of drug-likeness (QED) is 0.241. The van der Waals surface area contributed by atoms with Gasteiger partial charge in [-0.2, -0.15) is 0 Å². The van der Waals surface area contributed by atoms with Gasteiger partial charge in [0.25, 0.3) is 0 Å². The van der Waals surface area contributed by atoms with E-state index in [4.69, 9.17) is 4.74 Å². The third-order valence-corrected chi connectivity index (χ3v) is 7.23. The third kappa shape index (κ3) is 4.41. The predicted molar refractivity (Wildman–Crippen MR) is 147 cm³/mol. The van der Waals surface area contributed by atoms with E-state index in [0.29, 0.717) is 0 Å². The average Bonchev–Trinajstić information content (AvgIpc) is 3.50. The molecule has 0 spiro atoms. The second-order valence-corrected chi connectivity index (χ2v) is 9.51. The second kappa shape index (κ2) is 9.90. The van der Waals surface area contributed by atoms with E-state index in [1.165, 1.54) is 0 Å². The van der Waals surface area contributed by atoms with Crippen LogP contribution in [0.5, 0.6) is 0 Å². The SMILES string of the molecule is O=C(N[C@@H](Cc1c[nH]c2ccc(-c3ccccc3)cc12)C(=O)O)OCC1c2ccccc2-c2ccccc21. The Bertz CT molecular complexity index is 1590. The summed E-state index contributed by atoms with van der Waals surface area (Å²) in [5.74, 6) is -1.21. The lowest BCUT2D eigenvalue weighted by Crippen LogP contribution is -2.42. The van der Waals surface area contributed by atoms with Crippen molar-refractivity contribution >= 4 is 23.0 Å². The first-order chi connectivity index (χ1) is 18.6. The van der Waals surface area contributed by atoms with E-state index in [0.717, 1.165) is 49.8 Å². The molecular formula is C32H26N2O4. The zero-order valence-corrected chi connectivity index (χ0v) is 20.6. The summed E-state index contributed by atoms with van der Waals surface area (Å²) in [7, 11) is 0. The van der Waals surface area contributed by atoms with Crippen molar-refractivity contribution in [3.05, 3.63) is 120 Å². The van der Waals surface area contributed by atoms with Gasteiger partial charge in [0.05, 0.1) is 0 Å². The molecule has 188 valence electrons. The number of hydrogen-bond acceptors (Lipinski definition) is 3. The lowest BCUT2D eigenvalue weighted by atomic mass is 9.98. The highest BCUT2D eigenvalue weighted by molar-refractivity contribution is 5.89. The van der Waals surface area contributed by atoms with Gasteiger partial charge in [0, 0.05) is 29.4 Å². The number of fused-ring (bicyclic) bond motifs is 4. The van der Waals surface area contributed by atoms with Crippen LogP contribution in [0.2, 0.25) is 0 Å². The van der Waals surface area contributed by atoms with Gasteiger partial charge in [0.2, 0.25) is 0 Å². The number of alkyl carbamates (subject to hydrolysis) is 1. The lowest BCUT2D eigenvalue weighted by Gasteiger charge is -2.17. The Morgan fingerprint density at radius 1 is 0.842 bits per heavy atom. The van der Waals surface area contributed by atoms with Crippen molar-refractivity contribution in [2.45, 2.75) is 18.4 Å². The molecule has 6 rings (SSSR count). The summed E-state index contributed by atoms with van der Waals surface area (Å²) in [5, 5.41) is 13.4. The minimum Gasteiger partial charge on any atom is -0.480 e. The van der Waals surface area contributed by atoms with Crippen LogP contribution in [0.3, 0.4) is 0 Å². The summed E-state index contributed by atoms with van der Waals surface area (Å²) >= 11 is 0. The van der Waals surface area contributed by atoms with Gasteiger partial charge in [0.1, 0.15) is 12.6 Å². The van der Waals surface area contributed by atoms with E-state index in [2.05, 4.69) is 22.4 Å². The number of hydrogen-bond donors (Lipinski definition) is 3. The number of carbonyl (C=O) groups excluding carboxylic acids is 1. The molecule has 0 fully saturated rings. The number of carbonyl (C=O) groups is 2. The largest absolute Gasteiger partial charge is 0.480 e. The lowest BCUT2D eigenvalue weighted by molar-refractivity contribution is -0.139. The maximum atomic E-state index is 12.8. The Hall–Kier alpha value is -4.84. The number of aromatic nitrogens is 1. The number of carboxylic acid groups (broad SMARTS) is 1. The van der Waals surface area contributed by atoms with Crippen molar-refractivity contribution in [1.82, 2.24) is 10.3 Å². The van der Waals surface area contributed by atoms with Crippen LogP contribution in [0.1, 0.15) is 22.6 Å². The molecule has 3 N–H and O–H groups in total.